The van der Waals surface area contributed by atoms with Crippen molar-refractivity contribution in [2.45, 2.75) is 39.5 Å². The SMILES string of the molecule is CCC(CC)c1ccc(Nc2ccc(N(C)N=C(C)c3cc[n+](C)c4ccccc34)cc2)cc1. The molecule has 0 unspecified atom stereocenters. The molecule has 0 aliphatic heterocycles. The van der Waals surface area contributed by atoms with Crippen LogP contribution in [-0.4, -0.2) is 12.8 Å². The number of nitrogens with one attached hydrogen (secondary N) is 1. The van der Waals surface area contributed by atoms with Gasteiger partial charge in [0.05, 0.1) is 16.8 Å². The van der Waals surface area contributed by atoms with Crippen LogP contribution in [0.15, 0.2) is 90.2 Å². The number of aromatic nitrogens is 1. The number of hydrogen-bond acceptors (Lipinski definition) is 3. The van der Waals surface area contributed by atoms with E-state index in [2.05, 4.69) is 123 Å². The van der Waals surface area contributed by atoms with Gasteiger partial charge >= 0.3 is 0 Å². The molecule has 0 aliphatic carbocycles. The van der Waals surface area contributed by atoms with Gasteiger partial charge in [0.2, 0.25) is 5.52 Å². The lowest BCUT2D eigenvalue weighted by Crippen LogP contribution is -2.29. The Balaban J connectivity index is 1.48. The fourth-order valence-electron chi connectivity index (χ4n) is 4.54. The topological polar surface area (TPSA) is 31.5 Å². The Morgan fingerprint density at radius 2 is 1.50 bits per heavy atom. The van der Waals surface area contributed by atoms with E-state index in [1.165, 1.54) is 29.3 Å². The van der Waals surface area contributed by atoms with Crippen molar-refractivity contribution >= 4 is 33.7 Å². The summed E-state index contributed by atoms with van der Waals surface area (Å²) >= 11 is 0. The van der Waals surface area contributed by atoms with E-state index in [1.807, 2.05) is 12.1 Å². The second-order valence-corrected chi connectivity index (χ2v) is 8.87. The number of anilines is 3. The first kappa shape index (κ1) is 23.5. The second kappa shape index (κ2) is 10.5. The highest BCUT2D eigenvalue weighted by molar-refractivity contribution is 6.08. The molecule has 1 heterocycles. The second-order valence-electron chi connectivity index (χ2n) is 8.87. The average Bonchev–Trinajstić information content (AvgIpc) is 2.86. The van der Waals surface area contributed by atoms with Crippen molar-refractivity contribution in [3.8, 4) is 0 Å². The maximum atomic E-state index is 4.87. The molecule has 0 fully saturated rings. The molecule has 1 aromatic heterocycles. The molecule has 4 nitrogen and oxygen atoms in total. The van der Waals surface area contributed by atoms with Gasteiger partial charge in [-0.2, -0.15) is 5.10 Å². The normalized spacial score (nSPS) is 11.8. The smallest absolute Gasteiger partial charge is 0.212 e. The Bertz CT molecular complexity index is 1270. The van der Waals surface area contributed by atoms with Gasteiger partial charge < -0.3 is 5.32 Å². The van der Waals surface area contributed by atoms with Crippen LogP contribution in [-0.2, 0) is 7.05 Å². The van der Waals surface area contributed by atoms with Gasteiger partial charge in [0, 0.05) is 36.1 Å². The van der Waals surface area contributed by atoms with Crippen molar-refractivity contribution in [1.29, 1.82) is 0 Å². The zero-order valence-corrected chi connectivity index (χ0v) is 20.9. The largest absolute Gasteiger partial charge is 0.356 e. The zero-order valence-electron chi connectivity index (χ0n) is 20.9. The molecule has 4 aromatic rings. The summed E-state index contributed by atoms with van der Waals surface area (Å²) in [6.07, 6.45) is 4.45. The van der Waals surface area contributed by atoms with E-state index in [0.717, 1.165) is 28.3 Å². The van der Waals surface area contributed by atoms with E-state index in [9.17, 15) is 0 Å². The van der Waals surface area contributed by atoms with Gasteiger partial charge in [-0.3, -0.25) is 5.01 Å². The monoisotopic (exact) mass is 451 g/mol. The number of aryl methyl sites for hydroxylation is 1. The standard InChI is InChI=1S/C30H35N4/c1-6-23(7-2)24-12-14-25(15-13-24)31-26-16-18-27(19-17-26)34(5)32-22(3)28-20-21-33(4)30-11-9-8-10-29(28)30/h8-21,23,31H,6-7H2,1-5H3/q+1. The van der Waals surface area contributed by atoms with Gasteiger partial charge in [-0.05, 0) is 73.7 Å². The van der Waals surface area contributed by atoms with E-state index in [0.29, 0.717) is 5.92 Å². The van der Waals surface area contributed by atoms with Crippen molar-refractivity contribution in [3.05, 3.63) is 96.2 Å². The number of hydrogen-bond donors (Lipinski definition) is 1. The maximum Gasteiger partial charge on any atom is 0.212 e. The molecule has 34 heavy (non-hydrogen) atoms. The third-order valence-corrected chi connectivity index (χ3v) is 6.63. The summed E-state index contributed by atoms with van der Waals surface area (Å²) in [5.41, 5.74) is 7.96. The van der Waals surface area contributed by atoms with Gasteiger partial charge in [-0.25, -0.2) is 4.57 Å². The number of rotatable bonds is 8. The predicted octanol–water partition coefficient (Wildman–Crippen LogP) is 7.17. The van der Waals surface area contributed by atoms with Gasteiger partial charge in [-0.1, -0.05) is 38.1 Å². The first-order valence-electron chi connectivity index (χ1n) is 12.1. The molecule has 0 aliphatic rings. The molecule has 0 radical (unpaired) electrons. The van der Waals surface area contributed by atoms with Crippen LogP contribution in [0.5, 0.6) is 0 Å². The molecule has 0 saturated heterocycles. The highest BCUT2D eigenvalue weighted by Gasteiger charge is 2.12. The molecule has 0 atom stereocenters. The zero-order chi connectivity index (χ0) is 24.1. The molecular formula is C30H35N4+. The molecule has 4 rings (SSSR count). The first-order valence-corrected chi connectivity index (χ1v) is 12.1. The Labute approximate surface area is 203 Å². The Hall–Kier alpha value is -3.66. The van der Waals surface area contributed by atoms with Crippen LogP contribution in [0.4, 0.5) is 17.1 Å². The first-order chi connectivity index (χ1) is 16.5. The summed E-state index contributed by atoms with van der Waals surface area (Å²) < 4.78 is 2.14. The molecule has 4 heteroatoms. The minimum atomic E-state index is 0.643. The van der Waals surface area contributed by atoms with Crippen molar-refractivity contribution in [1.82, 2.24) is 0 Å². The highest BCUT2D eigenvalue weighted by atomic mass is 15.4. The van der Waals surface area contributed by atoms with Gasteiger partial charge in [0.25, 0.3) is 0 Å². The lowest BCUT2D eigenvalue weighted by molar-refractivity contribution is -0.644. The number of nitrogens with zero attached hydrogens (tertiary/aromatic N) is 3. The highest BCUT2D eigenvalue weighted by Crippen LogP contribution is 2.26. The van der Waals surface area contributed by atoms with Gasteiger partial charge in [-0.15, -0.1) is 0 Å². The van der Waals surface area contributed by atoms with Crippen molar-refractivity contribution in [2.75, 3.05) is 17.4 Å². The summed E-state index contributed by atoms with van der Waals surface area (Å²) in [4.78, 5) is 0. The van der Waals surface area contributed by atoms with E-state index in [4.69, 9.17) is 5.10 Å². The molecule has 0 amide bonds. The molecule has 174 valence electrons. The minimum absolute atomic E-state index is 0.643. The Morgan fingerprint density at radius 1 is 0.882 bits per heavy atom. The van der Waals surface area contributed by atoms with Gasteiger partial charge in [0.1, 0.15) is 7.05 Å². The van der Waals surface area contributed by atoms with E-state index in [-0.39, 0.29) is 0 Å². The van der Waals surface area contributed by atoms with E-state index >= 15 is 0 Å². The number of benzene rings is 3. The van der Waals surface area contributed by atoms with Crippen LogP contribution < -0.4 is 14.9 Å². The lowest BCUT2D eigenvalue weighted by atomic mass is 9.94. The molecule has 3 aromatic carbocycles. The number of hydrazone groups is 1. The van der Waals surface area contributed by atoms with Crippen molar-refractivity contribution in [2.24, 2.45) is 12.1 Å². The van der Waals surface area contributed by atoms with Crippen LogP contribution in [0, 0.1) is 0 Å². The molecule has 0 spiro atoms. The van der Waals surface area contributed by atoms with Crippen molar-refractivity contribution < 1.29 is 4.57 Å². The molecule has 0 saturated carbocycles. The summed E-state index contributed by atoms with van der Waals surface area (Å²) in [6.45, 7) is 6.58. The Morgan fingerprint density at radius 3 is 2.15 bits per heavy atom. The fourth-order valence-corrected chi connectivity index (χ4v) is 4.54. The third kappa shape index (κ3) is 5.12. The van der Waals surface area contributed by atoms with Crippen molar-refractivity contribution in [3.63, 3.8) is 0 Å². The number of pyridine rings is 1. The Kier molecular flexibility index (Phi) is 7.27. The average molecular weight is 452 g/mol. The molecule has 1 N–H and O–H groups in total. The lowest BCUT2D eigenvalue weighted by Gasteiger charge is -2.16. The van der Waals surface area contributed by atoms with E-state index in [1.54, 1.807) is 0 Å². The molecule has 0 bridgehead atoms. The third-order valence-electron chi connectivity index (χ3n) is 6.63. The summed E-state index contributed by atoms with van der Waals surface area (Å²) in [6, 6.07) is 27.8. The van der Waals surface area contributed by atoms with Gasteiger partial charge in [0.15, 0.2) is 6.20 Å². The summed E-state index contributed by atoms with van der Waals surface area (Å²) in [7, 11) is 4.06. The van der Waals surface area contributed by atoms with Crippen LogP contribution in [0.25, 0.3) is 10.9 Å². The maximum absolute atomic E-state index is 4.87. The summed E-state index contributed by atoms with van der Waals surface area (Å²) in [5, 5.41) is 11.5. The minimum Gasteiger partial charge on any atom is -0.356 e. The van der Waals surface area contributed by atoms with Crippen LogP contribution in [0.2, 0.25) is 0 Å². The number of fused-ring (bicyclic) bond motifs is 1. The number of para-hydroxylation sites is 1. The van der Waals surface area contributed by atoms with Crippen LogP contribution >= 0.6 is 0 Å². The van der Waals surface area contributed by atoms with Crippen LogP contribution in [0.3, 0.4) is 0 Å². The quantitative estimate of drug-likeness (QED) is 0.175. The molecular weight excluding hydrogens is 416 g/mol. The van der Waals surface area contributed by atoms with Crippen LogP contribution in [0.1, 0.15) is 50.7 Å². The summed E-state index contributed by atoms with van der Waals surface area (Å²) in [5.74, 6) is 0.643. The fraction of sp³-hybridized carbons (Fsp3) is 0.267. The predicted molar refractivity (Wildman–Crippen MR) is 145 cm³/mol. The van der Waals surface area contributed by atoms with E-state index < -0.39 is 0 Å².